The van der Waals surface area contributed by atoms with Crippen LogP contribution in [0.15, 0.2) is 30.3 Å². The number of carbonyl (C=O) groups is 2. The Bertz CT molecular complexity index is 835. The molecule has 6 nitrogen and oxygen atoms in total. The van der Waals surface area contributed by atoms with Crippen LogP contribution < -0.4 is 15.4 Å². The predicted molar refractivity (Wildman–Crippen MR) is 106 cm³/mol. The topological polar surface area (TPSA) is 87.7 Å². The third-order valence-corrected chi connectivity index (χ3v) is 4.16. The minimum absolute atomic E-state index is 0.135. The molecule has 2 aromatic carbocycles. The van der Waals surface area contributed by atoms with E-state index in [0.29, 0.717) is 5.02 Å². The highest BCUT2D eigenvalue weighted by Crippen LogP contribution is 2.35. The number of aliphatic carboxylic acids is 1. The number of ether oxygens (including phenoxy) is 1. The molecule has 0 saturated carbocycles. The summed E-state index contributed by atoms with van der Waals surface area (Å²) in [7, 11) is 0. The van der Waals surface area contributed by atoms with E-state index < -0.39 is 18.4 Å². The largest absolute Gasteiger partial charge is 0.486 e. The number of hydrogen-bond acceptors (Lipinski definition) is 4. The molecule has 2 rings (SSSR count). The maximum atomic E-state index is 11.9. The quantitative estimate of drug-likeness (QED) is 0.574. The number of carboxylic acid groups (broad SMARTS) is 1. The number of carbonyl (C=O) groups excluding carboxylic acids is 1. The zero-order valence-electron chi connectivity index (χ0n) is 14.3. The molecule has 0 spiro atoms. The highest BCUT2D eigenvalue weighted by molar-refractivity contribution is 6.37. The number of nitrogens with one attached hydrogen (secondary N) is 2. The Labute approximate surface area is 171 Å². The number of benzene rings is 2. The number of halogens is 3. The molecule has 3 N–H and O–H groups in total. The van der Waals surface area contributed by atoms with E-state index in [1.54, 1.807) is 12.1 Å². The first-order valence-corrected chi connectivity index (χ1v) is 9.08. The molecule has 0 aliphatic rings. The van der Waals surface area contributed by atoms with Crippen LogP contribution in [0.4, 0.5) is 5.69 Å². The fourth-order valence-electron chi connectivity index (χ4n) is 2.28. The van der Waals surface area contributed by atoms with Gasteiger partial charge in [-0.3, -0.25) is 9.59 Å². The summed E-state index contributed by atoms with van der Waals surface area (Å²) in [6.45, 7) is 2.40. The zero-order valence-corrected chi connectivity index (χ0v) is 16.6. The van der Waals surface area contributed by atoms with Gasteiger partial charge in [-0.2, -0.15) is 0 Å². The van der Waals surface area contributed by atoms with Crippen LogP contribution in [-0.2, 0) is 11.4 Å². The van der Waals surface area contributed by atoms with Crippen molar-refractivity contribution in [2.24, 2.45) is 0 Å². The summed E-state index contributed by atoms with van der Waals surface area (Å²) >= 11 is 18.5. The van der Waals surface area contributed by atoms with Gasteiger partial charge in [0.25, 0.3) is 5.91 Å². The smallest absolute Gasteiger partial charge is 0.322 e. The molecule has 0 aliphatic heterocycles. The second-order valence-corrected chi connectivity index (χ2v) is 6.76. The van der Waals surface area contributed by atoms with Crippen molar-refractivity contribution in [3.8, 4) is 5.75 Å². The third-order valence-electron chi connectivity index (χ3n) is 3.38. The number of anilines is 1. The van der Waals surface area contributed by atoms with Crippen LogP contribution in [0.25, 0.3) is 0 Å². The van der Waals surface area contributed by atoms with Gasteiger partial charge in [-0.25, -0.2) is 0 Å². The van der Waals surface area contributed by atoms with Crippen molar-refractivity contribution in [3.63, 3.8) is 0 Å². The molecule has 27 heavy (non-hydrogen) atoms. The Morgan fingerprint density at radius 3 is 2.33 bits per heavy atom. The van der Waals surface area contributed by atoms with Gasteiger partial charge in [-0.05, 0) is 42.8 Å². The number of hydrogen-bond donors (Lipinski definition) is 3. The van der Waals surface area contributed by atoms with Gasteiger partial charge in [-0.15, -0.1) is 0 Å². The summed E-state index contributed by atoms with van der Waals surface area (Å²) in [5.74, 6) is -1.53. The second-order valence-electron chi connectivity index (χ2n) is 5.51. The van der Waals surface area contributed by atoms with Gasteiger partial charge in [0.05, 0.1) is 10.0 Å². The van der Waals surface area contributed by atoms with E-state index in [1.165, 1.54) is 12.1 Å². The third kappa shape index (κ3) is 6.20. The van der Waals surface area contributed by atoms with Crippen LogP contribution in [0.2, 0.25) is 15.1 Å². The lowest BCUT2D eigenvalue weighted by Gasteiger charge is -2.13. The fraction of sp³-hybridized carbons (Fsp3) is 0.222. The molecule has 0 atom stereocenters. The van der Waals surface area contributed by atoms with Gasteiger partial charge in [0.15, 0.2) is 5.75 Å². The average Bonchev–Trinajstić information content (AvgIpc) is 2.58. The lowest BCUT2D eigenvalue weighted by molar-refractivity contribution is -0.135. The van der Waals surface area contributed by atoms with E-state index in [-0.39, 0.29) is 28.0 Å². The van der Waals surface area contributed by atoms with Gasteiger partial charge in [0, 0.05) is 22.8 Å². The molecule has 9 heteroatoms. The van der Waals surface area contributed by atoms with Gasteiger partial charge >= 0.3 is 5.97 Å². The fourth-order valence-corrected chi connectivity index (χ4v) is 3.14. The summed E-state index contributed by atoms with van der Waals surface area (Å²) in [5, 5.41) is 14.9. The lowest BCUT2D eigenvalue weighted by Crippen LogP contribution is -2.29. The molecule has 0 saturated heterocycles. The van der Waals surface area contributed by atoms with E-state index in [9.17, 15) is 9.59 Å². The van der Waals surface area contributed by atoms with E-state index in [4.69, 9.17) is 44.6 Å². The minimum atomic E-state index is -1.15. The average molecular weight is 432 g/mol. The van der Waals surface area contributed by atoms with E-state index in [0.717, 1.165) is 17.8 Å². The van der Waals surface area contributed by atoms with E-state index in [1.807, 2.05) is 13.0 Å². The highest BCUT2D eigenvalue weighted by Gasteiger charge is 2.15. The zero-order chi connectivity index (χ0) is 20.0. The van der Waals surface area contributed by atoms with Crippen LogP contribution in [-0.4, -0.2) is 30.1 Å². The molecule has 1 amide bonds. The first-order valence-electron chi connectivity index (χ1n) is 7.95. The Morgan fingerprint density at radius 2 is 1.74 bits per heavy atom. The maximum absolute atomic E-state index is 11.9. The van der Waals surface area contributed by atoms with Crippen molar-refractivity contribution in [3.05, 3.63) is 56.5 Å². The molecule has 0 unspecified atom stereocenters. The normalized spacial score (nSPS) is 10.4. The molecule has 0 aliphatic carbocycles. The number of carboxylic acids is 1. The summed E-state index contributed by atoms with van der Waals surface area (Å²) in [4.78, 5) is 22.5. The summed E-state index contributed by atoms with van der Waals surface area (Å²) in [5.41, 5.74) is 1.82. The van der Waals surface area contributed by atoms with Crippen molar-refractivity contribution >= 4 is 52.4 Å². The summed E-state index contributed by atoms with van der Waals surface area (Å²) < 4.78 is 5.70. The van der Waals surface area contributed by atoms with Crippen LogP contribution in [0.5, 0.6) is 5.75 Å². The van der Waals surface area contributed by atoms with Crippen molar-refractivity contribution < 1.29 is 19.4 Å². The maximum Gasteiger partial charge on any atom is 0.322 e. The monoisotopic (exact) mass is 430 g/mol. The summed E-state index contributed by atoms with van der Waals surface area (Å²) in [6.07, 6.45) is 0. The summed E-state index contributed by atoms with van der Waals surface area (Å²) in [6, 6.07) is 8.19. The minimum Gasteiger partial charge on any atom is -0.486 e. The van der Waals surface area contributed by atoms with Crippen molar-refractivity contribution in [2.75, 3.05) is 18.4 Å². The number of amides is 1. The van der Waals surface area contributed by atoms with Gasteiger partial charge in [-0.1, -0.05) is 34.8 Å². The Hall–Kier alpha value is -2.15. The van der Waals surface area contributed by atoms with Crippen LogP contribution in [0.3, 0.4) is 0 Å². The Morgan fingerprint density at radius 1 is 1.07 bits per heavy atom. The highest BCUT2D eigenvalue weighted by atomic mass is 35.5. The molecule has 2 aromatic rings. The van der Waals surface area contributed by atoms with Crippen molar-refractivity contribution in [1.82, 2.24) is 5.32 Å². The van der Waals surface area contributed by atoms with Crippen LogP contribution in [0.1, 0.15) is 22.8 Å². The van der Waals surface area contributed by atoms with Crippen LogP contribution >= 0.6 is 34.8 Å². The van der Waals surface area contributed by atoms with Crippen molar-refractivity contribution in [2.45, 2.75) is 13.5 Å². The molecule has 0 aromatic heterocycles. The molecule has 0 bridgehead atoms. The second kappa shape index (κ2) is 9.69. The molecule has 144 valence electrons. The van der Waals surface area contributed by atoms with Crippen LogP contribution in [0, 0.1) is 0 Å². The van der Waals surface area contributed by atoms with Gasteiger partial charge in [0.1, 0.15) is 13.2 Å². The van der Waals surface area contributed by atoms with E-state index in [2.05, 4.69) is 10.6 Å². The first kappa shape index (κ1) is 21.2. The first-order chi connectivity index (χ1) is 12.8. The van der Waals surface area contributed by atoms with Gasteiger partial charge < -0.3 is 20.5 Å². The molecular weight excluding hydrogens is 415 g/mol. The Balaban J connectivity index is 2.13. The molecule has 0 radical (unpaired) electrons. The lowest BCUT2D eigenvalue weighted by atomic mass is 10.2. The predicted octanol–water partition coefficient (Wildman–Crippen LogP) is 4.47. The van der Waals surface area contributed by atoms with E-state index >= 15 is 0 Å². The van der Waals surface area contributed by atoms with Crippen molar-refractivity contribution in [1.29, 1.82) is 0 Å². The molecule has 0 heterocycles. The molecular formula is C18H17Cl3N2O4. The Kier molecular flexibility index (Phi) is 7.59. The molecule has 0 fully saturated rings. The SMILES string of the molecule is CCNc1cc(Cl)cc(COc2c(Cl)cc(C(=O)NCC(=O)O)cc2Cl)c1. The standard InChI is InChI=1S/C18H17Cl3N2O4/c1-2-22-13-4-10(3-12(19)7-13)9-27-17-14(20)5-11(6-15(17)21)18(26)23-8-16(24)25/h3-7,22H,2,8-9H2,1H3,(H,23,26)(H,24,25). The van der Waals surface area contributed by atoms with Gasteiger partial charge in [0.2, 0.25) is 0 Å². The number of rotatable bonds is 8.